The van der Waals surface area contributed by atoms with Crippen molar-refractivity contribution >= 4 is 17.2 Å². The number of amides is 1. The lowest BCUT2D eigenvalue weighted by atomic mass is 10.0. The summed E-state index contributed by atoms with van der Waals surface area (Å²) in [4.78, 5) is 21.8. The summed E-state index contributed by atoms with van der Waals surface area (Å²) in [5, 5.41) is 2.99. The number of ether oxygens (including phenoxy) is 1. The van der Waals surface area contributed by atoms with Crippen molar-refractivity contribution in [3.8, 4) is 0 Å². The van der Waals surface area contributed by atoms with Gasteiger partial charge < -0.3 is 9.64 Å². The Balaban J connectivity index is 1.63. The standard InChI is InChI=1S/C17H27N3O2S/c1-12(2)8-16-18-14(11-23-16)17(21)20-9-13(3)15(10-20)19-4-6-22-7-5-19/h11-13,15H,4-10H2,1-3H3. The minimum absolute atomic E-state index is 0.0962. The van der Waals surface area contributed by atoms with Gasteiger partial charge in [-0.1, -0.05) is 20.8 Å². The molecule has 1 amide bonds. The van der Waals surface area contributed by atoms with E-state index in [0.29, 0.717) is 23.6 Å². The molecule has 0 aromatic carbocycles. The molecule has 128 valence electrons. The lowest BCUT2D eigenvalue weighted by Crippen LogP contribution is -2.47. The van der Waals surface area contributed by atoms with Crippen molar-refractivity contribution in [1.82, 2.24) is 14.8 Å². The average Bonchev–Trinajstić information content (AvgIpc) is 3.14. The number of carbonyl (C=O) groups excluding carboxylic acids is 1. The van der Waals surface area contributed by atoms with Gasteiger partial charge in [0, 0.05) is 44.0 Å². The molecule has 0 spiro atoms. The molecule has 2 unspecified atom stereocenters. The Morgan fingerprint density at radius 1 is 1.39 bits per heavy atom. The molecule has 0 N–H and O–H groups in total. The third-order valence-electron chi connectivity index (χ3n) is 4.73. The molecule has 3 heterocycles. The van der Waals surface area contributed by atoms with Gasteiger partial charge in [0.25, 0.3) is 5.91 Å². The van der Waals surface area contributed by atoms with Crippen molar-refractivity contribution in [3.63, 3.8) is 0 Å². The predicted octanol–water partition coefficient (Wildman–Crippen LogP) is 2.13. The summed E-state index contributed by atoms with van der Waals surface area (Å²) in [6.45, 7) is 11.8. The van der Waals surface area contributed by atoms with Crippen LogP contribution < -0.4 is 0 Å². The molecule has 1 aromatic rings. The van der Waals surface area contributed by atoms with Gasteiger partial charge in [0.15, 0.2) is 0 Å². The normalized spacial score (nSPS) is 26.2. The van der Waals surface area contributed by atoms with Gasteiger partial charge in [-0.2, -0.15) is 0 Å². The second-order valence-electron chi connectivity index (χ2n) is 7.13. The van der Waals surface area contributed by atoms with E-state index in [0.717, 1.165) is 50.8 Å². The summed E-state index contributed by atoms with van der Waals surface area (Å²) < 4.78 is 5.44. The minimum Gasteiger partial charge on any atom is -0.379 e. The quantitative estimate of drug-likeness (QED) is 0.844. The van der Waals surface area contributed by atoms with Crippen LogP contribution in [0.4, 0.5) is 0 Å². The van der Waals surface area contributed by atoms with Crippen LogP contribution in [0.3, 0.4) is 0 Å². The first-order valence-corrected chi connectivity index (χ1v) is 9.48. The zero-order chi connectivity index (χ0) is 16.4. The van der Waals surface area contributed by atoms with Crippen LogP contribution in [0.25, 0.3) is 0 Å². The SMILES string of the molecule is CC(C)Cc1nc(C(=O)N2CC(C)C(N3CCOCC3)C2)cs1. The van der Waals surface area contributed by atoms with Gasteiger partial charge in [0.05, 0.1) is 18.2 Å². The molecule has 5 nitrogen and oxygen atoms in total. The highest BCUT2D eigenvalue weighted by atomic mass is 32.1. The summed E-state index contributed by atoms with van der Waals surface area (Å²) >= 11 is 1.61. The number of hydrogen-bond donors (Lipinski definition) is 0. The molecular formula is C17H27N3O2S. The molecule has 0 aliphatic carbocycles. The molecule has 1 aromatic heterocycles. The molecule has 0 saturated carbocycles. The Morgan fingerprint density at radius 2 is 2.13 bits per heavy atom. The van der Waals surface area contributed by atoms with E-state index in [1.54, 1.807) is 11.3 Å². The maximum atomic E-state index is 12.7. The first-order valence-electron chi connectivity index (χ1n) is 8.60. The lowest BCUT2D eigenvalue weighted by Gasteiger charge is -2.33. The van der Waals surface area contributed by atoms with E-state index in [1.165, 1.54) is 0 Å². The van der Waals surface area contributed by atoms with Gasteiger partial charge in [-0.3, -0.25) is 9.69 Å². The van der Waals surface area contributed by atoms with Gasteiger partial charge in [-0.05, 0) is 11.8 Å². The van der Waals surface area contributed by atoms with Crippen LogP contribution in [0.2, 0.25) is 0 Å². The second kappa shape index (κ2) is 7.28. The largest absolute Gasteiger partial charge is 0.379 e. The first-order chi connectivity index (χ1) is 11.0. The summed E-state index contributed by atoms with van der Waals surface area (Å²) in [5.74, 6) is 1.17. The number of aromatic nitrogens is 1. The molecule has 2 fully saturated rings. The van der Waals surface area contributed by atoms with Gasteiger partial charge >= 0.3 is 0 Å². The monoisotopic (exact) mass is 337 g/mol. The summed E-state index contributed by atoms with van der Waals surface area (Å²) in [6, 6.07) is 0.455. The molecule has 3 rings (SSSR count). The highest BCUT2D eigenvalue weighted by Gasteiger charge is 2.37. The minimum atomic E-state index is 0.0962. The van der Waals surface area contributed by atoms with Gasteiger partial charge in [0.1, 0.15) is 5.69 Å². The third kappa shape index (κ3) is 3.92. The third-order valence-corrected chi connectivity index (χ3v) is 5.60. The molecule has 23 heavy (non-hydrogen) atoms. The van der Waals surface area contributed by atoms with Crippen LogP contribution in [-0.4, -0.2) is 66.1 Å². The number of thiazole rings is 1. The Morgan fingerprint density at radius 3 is 2.83 bits per heavy atom. The average molecular weight is 337 g/mol. The van der Waals surface area contributed by atoms with Crippen molar-refractivity contribution in [3.05, 3.63) is 16.1 Å². The van der Waals surface area contributed by atoms with Crippen LogP contribution in [-0.2, 0) is 11.2 Å². The van der Waals surface area contributed by atoms with E-state index in [4.69, 9.17) is 4.74 Å². The van der Waals surface area contributed by atoms with Crippen LogP contribution in [0, 0.1) is 11.8 Å². The maximum absolute atomic E-state index is 12.7. The highest BCUT2D eigenvalue weighted by Crippen LogP contribution is 2.25. The lowest BCUT2D eigenvalue weighted by molar-refractivity contribution is 0.0119. The van der Waals surface area contributed by atoms with E-state index in [2.05, 4.69) is 30.7 Å². The zero-order valence-corrected chi connectivity index (χ0v) is 15.1. The predicted molar refractivity (Wildman–Crippen MR) is 91.9 cm³/mol. The van der Waals surface area contributed by atoms with Crippen molar-refractivity contribution in [1.29, 1.82) is 0 Å². The molecular weight excluding hydrogens is 310 g/mol. The van der Waals surface area contributed by atoms with E-state index in [9.17, 15) is 4.79 Å². The van der Waals surface area contributed by atoms with Crippen LogP contribution in [0.15, 0.2) is 5.38 Å². The smallest absolute Gasteiger partial charge is 0.273 e. The fourth-order valence-corrected chi connectivity index (χ4v) is 4.50. The molecule has 2 saturated heterocycles. The van der Waals surface area contributed by atoms with Gasteiger partial charge in [-0.25, -0.2) is 4.98 Å². The van der Waals surface area contributed by atoms with Crippen molar-refractivity contribution in [2.24, 2.45) is 11.8 Å². The highest BCUT2D eigenvalue weighted by molar-refractivity contribution is 7.09. The van der Waals surface area contributed by atoms with Crippen molar-refractivity contribution in [2.75, 3.05) is 39.4 Å². The first kappa shape index (κ1) is 16.9. The summed E-state index contributed by atoms with van der Waals surface area (Å²) in [7, 11) is 0. The molecule has 0 bridgehead atoms. The fraction of sp³-hybridized carbons (Fsp3) is 0.765. The second-order valence-corrected chi connectivity index (χ2v) is 8.07. The molecule has 2 atom stereocenters. The Labute approximate surface area is 142 Å². The summed E-state index contributed by atoms with van der Waals surface area (Å²) in [5.41, 5.74) is 0.625. The van der Waals surface area contributed by atoms with E-state index >= 15 is 0 Å². The molecule has 2 aliphatic heterocycles. The van der Waals surface area contributed by atoms with E-state index in [-0.39, 0.29) is 5.91 Å². The molecule has 6 heteroatoms. The van der Waals surface area contributed by atoms with Gasteiger partial charge in [-0.15, -0.1) is 11.3 Å². The maximum Gasteiger partial charge on any atom is 0.273 e. The van der Waals surface area contributed by atoms with Gasteiger partial charge in [0.2, 0.25) is 0 Å². The number of rotatable bonds is 4. The number of morpholine rings is 1. The summed E-state index contributed by atoms with van der Waals surface area (Å²) in [6.07, 6.45) is 0.949. The molecule has 0 radical (unpaired) electrons. The fourth-order valence-electron chi connectivity index (χ4n) is 3.51. The van der Waals surface area contributed by atoms with Crippen molar-refractivity contribution < 1.29 is 9.53 Å². The van der Waals surface area contributed by atoms with E-state index < -0.39 is 0 Å². The topological polar surface area (TPSA) is 45.7 Å². The Kier molecular flexibility index (Phi) is 5.34. The van der Waals surface area contributed by atoms with Crippen LogP contribution in [0.1, 0.15) is 36.3 Å². The number of carbonyl (C=O) groups is 1. The number of hydrogen-bond acceptors (Lipinski definition) is 5. The Hall–Kier alpha value is -0.980. The zero-order valence-electron chi connectivity index (χ0n) is 14.3. The van der Waals surface area contributed by atoms with E-state index in [1.807, 2.05) is 10.3 Å². The van der Waals surface area contributed by atoms with Crippen molar-refractivity contribution in [2.45, 2.75) is 33.2 Å². The molecule has 2 aliphatic rings. The van der Waals surface area contributed by atoms with Crippen LogP contribution >= 0.6 is 11.3 Å². The Bertz CT molecular complexity index is 540. The van der Waals surface area contributed by atoms with Crippen LogP contribution in [0.5, 0.6) is 0 Å². The number of nitrogens with zero attached hydrogens (tertiary/aromatic N) is 3. The number of likely N-dealkylation sites (tertiary alicyclic amines) is 1.